The minimum absolute atomic E-state index is 0.215. The highest BCUT2D eigenvalue weighted by molar-refractivity contribution is 7.60. The molecule has 14 heteroatoms. The van der Waals surface area contributed by atoms with Crippen molar-refractivity contribution < 1.29 is 28.4 Å². The molecule has 4 N–H and O–H groups in total. The molecule has 0 spiro atoms. The van der Waals surface area contributed by atoms with E-state index in [0.717, 1.165) is 0 Å². The summed E-state index contributed by atoms with van der Waals surface area (Å²) in [6.07, 6.45) is 2.66. The number of rotatable bonds is 13. The molecule has 0 fully saturated rings. The van der Waals surface area contributed by atoms with Crippen molar-refractivity contribution in [3.8, 4) is 5.75 Å². The molecule has 0 saturated carbocycles. The summed E-state index contributed by atoms with van der Waals surface area (Å²) in [5, 5.41) is 5.34. The first kappa shape index (κ1) is 29.0. The standard InChI is InChI=1S/C24H34N7O6P/c1-6-11-36-23(33)24(3,4)30-38(34,29-22(32)17-7-9-18(35-5)10-8-17)15-37-16(2)12-31-14-28-19-20(25)26-13-27-21(19)31/h7-10,13-14,16H,6,11-12,15H2,1-5H3,(H2,25,26,27)(H2,29,30,32,34)/t16-,38?/m1/s1. The first-order valence-corrected chi connectivity index (χ1v) is 13.9. The van der Waals surface area contributed by atoms with Gasteiger partial charge < -0.3 is 24.5 Å². The number of esters is 1. The van der Waals surface area contributed by atoms with Gasteiger partial charge in [0.05, 0.1) is 32.7 Å². The molecule has 3 rings (SSSR count). The molecule has 0 saturated heterocycles. The number of imidazole rings is 1. The van der Waals surface area contributed by atoms with Crippen LogP contribution in [0.3, 0.4) is 0 Å². The Morgan fingerprint density at radius 1 is 1.18 bits per heavy atom. The number of fused-ring (bicyclic) bond motifs is 1. The number of carbonyl (C=O) groups is 2. The molecule has 206 valence electrons. The van der Waals surface area contributed by atoms with Crippen LogP contribution in [0.1, 0.15) is 44.5 Å². The molecule has 1 amide bonds. The van der Waals surface area contributed by atoms with E-state index >= 15 is 0 Å². The van der Waals surface area contributed by atoms with E-state index in [1.54, 1.807) is 42.1 Å². The van der Waals surface area contributed by atoms with Crippen molar-refractivity contribution in [2.24, 2.45) is 0 Å². The van der Waals surface area contributed by atoms with Crippen molar-refractivity contribution in [1.82, 2.24) is 29.7 Å². The quantitative estimate of drug-likeness (QED) is 0.212. The number of carbonyl (C=O) groups excluding carboxylic acids is 2. The summed E-state index contributed by atoms with van der Waals surface area (Å²) in [5.74, 6) is -0.382. The fourth-order valence-corrected chi connectivity index (χ4v) is 5.63. The number of hydrogen-bond acceptors (Lipinski definition) is 10. The highest BCUT2D eigenvalue weighted by atomic mass is 31.2. The van der Waals surface area contributed by atoms with Crippen LogP contribution < -0.4 is 20.6 Å². The number of nitrogens with two attached hydrogens (primary N) is 1. The lowest BCUT2D eigenvalue weighted by Gasteiger charge is -2.31. The number of methoxy groups -OCH3 is 1. The highest BCUT2D eigenvalue weighted by Gasteiger charge is 2.39. The number of anilines is 1. The minimum atomic E-state index is -3.84. The molecule has 1 aromatic carbocycles. The molecule has 0 aliphatic heterocycles. The van der Waals surface area contributed by atoms with Crippen molar-refractivity contribution in [3.05, 3.63) is 42.5 Å². The minimum Gasteiger partial charge on any atom is -0.497 e. The van der Waals surface area contributed by atoms with Crippen LogP contribution in [0.4, 0.5) is 5.82 Å². The average Bonchev–Trinajstić information content (AvgIpc) is 3.29. The van der Waals surface area contributed by atoms with E-state index in [1.807, 2.05) is 6.92 Å². The van der Waals surface area contributed by atoms with Crippen molar-refractivity contribution in [1.29, 1.82) is 0 Å². The second kappa shape index (κ2) is 12.3. The Morgan fingerprint density at radius 3 is 2.55 bits per heavy atom. The monoisotopic (exact) mass is 547 g/mol. The number of hydrogen-bond donors (Lipinski definition) is 3. The fraction of sp³-hybridized carbons (Fsp3) is 0.458. The Kier molecular flexibility index (Phi) is 9.42. The van der Waals surface area contributed by atoms with Gasteiger partial charge in [-0.3, -0.25) is 19.2 Å². The van der Waals surface area contributed by atoms with Gasteiger partial charge in [0.15, 0.2) is 11.5 Å². The molecular weight excluding hydrogens is 513 g/mol. The lowest BCUT2D eigenvalue weighted by atomic mass is 10.1. The van der Waals surface area contributed by atoms with Crippen LogP contribution in [0.25, 0.3) is 11.2 Å². The van der Waals surface area contributed by atoms with Crippen LogP contribution >= 0.6 is 7.44 Å². The summed E-state index contributed by atoms with van der Waals surface area (Å²) < 4.78 is 32.0. The number of aromatic nitrogens is 4. The first-order valence-electron chi connectivity index (χ1n) is 12.0. The second-order valence-electron chi connectivity index (χ2n) is 9.22. The topological polar surface area (TPSA) is 173 Å². The molecule has 0 radical (unpaired) electrons. The van der Waals surface area contributed by atoms with Crippen LogP contribution in [-0.2, 0) is 25.4 Å². The molecule has 2 aromatic heterocycles. The maximum Gasteiger partial charge on any atom is 0.326 e. The molecule has 0 bridgehead atoms. The molecule has 0 aliphatic carbocycles. The molecule has 38 heavy (non-hydrogen) atoms. The van der Waals surface area contributed by atoms with Gasteiger partial charge in [0, 0.05) is 5.56 Å². The van der Waals surface area contributed by atoms with Gasteiger partial charge in [0.1, 0.15) is 29.5 Å². The van der Waals surface area contributed by atoms with Gasteiger partial charge in [-0.15, -0.1) is 0 Å². The lowest BCUT2D eigenvalue weighted by Crippen LogP contribution is -2.49. The Bertz CT molecular complexity index is 1310. The van der Waals surface area contributed by atoms with Gasteiger partial charge in [-0.2, -0.15) is 0 Å². The van der Waals surface area contributed by atoms with Crippen LogP contribution in [0, 0.1) is 0 Å². The number of nitrogen functional groups attached to an aromatic ring is 1. The Morgan fingerprint density at radius 2 is 1.89 bits per heavy atom. The van der Waals surface area contributed by atoms with Gasteiger partial charge in [0.2, 0.25) is 0 Å². The van der Waals surface area contributed by atoms with Gasteiger partial charge >= 0.3 is 5.97 Å². The predicted molar refractivity (Wildman–Crippen MR) is 142 cm³/mol. The zero-order valence-electron chi connectivity index (χ0n) is 22.1. The van der Waals surface area contributed by atoms with E-state index in [9.17, 15) is 14.2 Å². The fourth-order valence-electron chi connectivity index (χ4n) is 3.53. The Balaban J connectivity index is 1.77. The normalized spacial score (nSPS) is 14.0. The van der Waals surface area contributed by atoms with E-state index in [0.29, 0.717) is 29.9 Å². The third-order valence-electron chi connectivity index (χ3n) is 5.47. The highest BCUT2D eigenvalue weighted by Crippen LogP contribution is 2.40. The van der Waals surface area contributed by atoms with Crippen molar-refractivity contribution in [3.63, 3.8) is 0 Å². The third kappa shape index (κ3) is 7.27. The van der Waals surface area contributed by atoms with Crippen molar-refractivity contribution in [2.75, 3.05) is 25.8 Å². The van der Waals surface area contributed by atoms with Gasteiger partial charge in [-0.1, -0.05) is 6.92 Å². The van der Waals surface area contributed by atoms with Crippen molar-refractivity contribution in [2.45, 2.75) is 52.3 Å². The number of ether oxygens (including phenoxy) is 3. The lowest BCUT2D eigenvalue weighted by molar-refractivity contribution is -0.149. The summed E-state index contributed by atoms with van der Waals surface area (Å²) >= 11 is 0. The zero-order chi connectivity index (χ0) is 27.9. The second-order valence-corrected chi connectivity index (χ2v) is 11.4. The number of benzene rings is 1. The van der Waals surface area contributed by atoms with Crippen LogP contribution in [0.2, 0.25) is 0 Å². The van der Waals surface area contributed by atoms with Crippen molar-refractivity contribution >= 4 is 36.3 Å². The van der Waals surface area contributed by atoms with E-state index < -0.39 is 37.3 Å². The smallest absolute Gasteiger partial charge is 0.326 e. The van der Waals surface area contributed by atoms with Gasteiger partial charge in [-0.05, 0) is 51.5 Å². The maximum atomic E-state index is 14.0. The molecule has 2 heterocycles. The molecule has 13 nitrogen and oxygen atoms in total. The summed E-state index contributed by atoms with van der Waals surface area (Å²) in [7, 11) is -2.33. The van der Waals surface area contributed by atoms with Crippen LogP contribution in [0.15, 0.2) is 36.9 Å². The third-order valence-corrected chi connectivity index (χ3v) is 7.46. The SMILES string of the molecule is CCCOC(=O)C(C)(C)NP(=O)(CO[C@H](C)Cn1cnc2c(N)ncnc21)NC(=O)c1ccc(OC)cc1. The van der Waals surface area contributed by atoms with Gasteiger partial charge in [-0.25, -0.2) is 20.0 Å². The van der Waals surface area contributed by atoms with E-state index in [2.05, 4.69) is 25.1 Å². The van der Waals surface area contributed by atoms with Crippen LogP contribution in [-0.4, -0.2) is 63.1 Å². The number of nitrogens with zero attached hydrogens (tertiary/aromatic N) is 4. The summed E-state index contributed by atoms with van der Waals surface area (Å²) in [6.45, 7) is 7.22. The summed E-state index contributed by atoms with van der Waals surface area (Å²) in [4.78, 5) is 38.0. The summed E-state index contributed by atoms with van der Waals surface area (Å²) in [5.41, 5.74) is 5.73. The van der Waals surface area contributed by atoms with Crippen LogP contribution in [0.5, 0.6) is 5.75 Å². The number of amides is 1. The van der Waals surface area contributed by atoms with E-state index in [1.165, 1.54) is 27.3 Å². The Hall–Kier alpha value is -3.54. The number of nitrogens with one attached hydrogen (secondary N) is 2. The molecular formula is C24H34N7O6P. The average molecular weight is 548 g/mol. The van der Waals surface area contributed by atoms with E-state index in [-0.39, 0.29) is 18.0 Å². The van der Waals surface area contributed by atoms with E-state index in [4.69, 9.17) is 19.9 Å². The summed E-state index contributed by atoms with van der Waals surface area (Å²) in [6, 6.07) is 6.31. The molecule has 2 atom stereocenters. The van der Waals surface area contributed by atoms with Gasteiger partial charge in [0.25, 0.3) is 13.4 Å². The Labute approximate surface area is 220 Å². The largest absolute Gasteiger partial charge is 0.497 e. The molecule has 0 aliphatic rings. The molecule has 1 unspecified atom stereocenters. The maximum absolute atomic E-state index is 14.0. The zero-order valence-corrected chi connectivity index (χ0v) is 23.0. The molecule has 3 aromatic rings. The predicted octanol–water partition coefficient (Wildman–Crippen LogP) is 2.72. The first-order chi connectivity index (χ1) is 18.0.